The third-order valence-corrected chi connectivity index (χ3v) is 4.09. The molecule has 102 valence electrons. The van der Waals surface area contributed by atoms with E-state index in [-0.39, 0.29) is 16.0 Å². The molecular formula is C10H9BrFN3O3S. The summed E-state index contributed by atoms with van der Waals surface area (Å²) in [6.45, 7) is 1.62. The lowest BCUT2D eigenvalue weighted by Gasteiger charge is -2.08. The molecule has 0 aliphatic heterocycles. The number of aromatic nitrogens is 1. The van der Waals surface area contributed by atoms with Gasteiger partial charge in [0.2, 0.25) is 5.88 Å². The molecule has 0 aliphatic carbocycles. The van der Waals surface area contributed by atoms with Gasteiger partial charge in [0.05, 0.1) is 10.2 Å². The third kappa shape index (κ3) is 2.87. The molecule has 2 rings (SSSR count). The monoisotopic (exact) mass is 349 g/mol. The van der Waals surface area contributed by atoms with Crippen LogP contribution in [0.15, 0.2) is 32.1 Å². The van der Waals surface area contributed by atoms with Gasteiger partial charge in [0.15, 0.2) is 5.82 Å². The second-order valence-electron chi connectivity index (χ2n) is 3.75. The molecule has 1 aromatic heterocycles. The summed E-state index contributed by atoms with van der Waals surface area (Å²) >= 11 is 2.90. The van der Waals surface area contributed by atoms with E-state index in [1.807, 2.05) is 0 Å². The summed E-state index contributed by atoms with van der Waals surface area (Å²) in [5, 5.41) is 3.52. The Balaban J connectivity index is 2.45. The van der Waals surface area contributed by atoms with E-state index in [1.165, 1.54) is 12.1 Å². The number of nitrogens with two attached hydrogens (primary N) is 1. The van der Waals surface area contributed by atoms with Crippen LogP contribution < -0.4 is 10.5 Å². The van der Waals surface area contributed by atoms with Gasteiger partial charge in [0.25, 0.3) is 10.0 Å². The lowest BCUT2D eigenvalue weighted by molar-refractivity contribution is 0.430. The number of anilines is 2. The fourth-order valence-corrected chi connectivity index (χ4v) is 3.10. The van der Waals surface area contributed by atoms with E-state index in [4.69, 9.17) is 10.3 Å². The van der Waals surface area contributed by atoms with Gasteiger partial charge in [-0.2, -0.15) is 0 Å². The van der Waals surface area contributed by atoms with E-state index < -0.39 is 20.7 Å². The molecule has 2 aromatic rings. The Kier molecular flexibility index (Phi) is 3.50. The van der Waals surface area contributed by atoms with Crippen molar-refractivity contribution in [1.29, 1.82) is 0 Å². The minimum Gasteiger partial charge on any atom is -0.399 e. The Labute approximate surface area is 117 Å². The Morgan fingerprint density at radius 1 is 1.42 bits per heavy atom. The predicted molar refractivity (Wildman–Crippen MR) is 70.6 cm³/mol. The predicted octanol–water partition coefficient (Wildman–Crippen LogP) is 2.27. The van der Waals surface area contributed by atoms with Crippen LogP contribution in [-0.4, -0.2) is 13.6 Å². The Morgan fingerprint density at radius 2 is 2.11 bits per heavy atom. The number of nitrogen functional groups attached to an aromatic ring is 1. The van der Waals surface area contributed by atoms with E-state index in [0.717, 1.165) is 6.07 Å². The summed E-state index contributed by atoms with van der Waals surface area (Å²) in [5.41, 5.74) is 6.10. The average Bonchev–Trinajstić information content (AvgIpc) is 2.68. The van der Waals surface area contributed by atoms with Crippen molar-refractivity contribution < 1.29 is 17.3 Å². The van der Waals surface area contributed by atoms with Crippen LogP contribution in [-0.2, 0) is 10.0 Å². The van der Waals surface area contributed by atoms with Crippen molar-refractivity contribution in [3.63, 3.8) is 0 Å². The molecule has 1 heterocycles. The molecule has 3 N–H and O–H groups in total. The summed E-state index contributed by atoms with van der Waals surface area (Å²) < 4.78 is 44.6. The Morgan fingerprint density at radius 3 is 2.68 bits per heavy atom. The van der Waals surface area contributed by atoms with Gasteiger partial charge in [-0.05, 0) is 35.0 Å². The minimum absolute atomic E-state index is 0.0402. The largest absolute Gasteiger partial charge is 0.399 e. The lowest BCUT2D eigenvalue weighted by Crippen LogP contribution is -2.15. The maximum absolute atomic E-state index is 13.8. The number of nitrogens with one attached hydrogen (secondary N) is 1. The first kappa shape index (κ1) is 13.8. The molecular weight excluding hydrogens is 341 g/mol. The summed E-state index contributed by atoms with van der Waals surface area (Å²) in [4.78, 5) is -0.576. The zero-order valence-corrected chi connectivity index (χ0v) is 12.0. The number of halogens is 2. The highest BCUT2D eigenvalue weighted by Gasteiger charge is 2.23. The number of benzene rings is 1. The van der Waals surface area contributed by atoms with Crippen LogP contribution in [0.2, 0.25) is 0 Å². The Bertz CT molecular complexity index is 730. The van der Waals surface area contributed by atoms with Gasteiger partial charge in [-0.1, -0.05) is 5.16 Å². The molecule has 0 unspecified atom stereocenters. The average molecular weight is 350 g/mol. The van der Waals surface area contributed by atoms with Gasteiger partial charge in [-0.15, -0.1) is 0 Å². The van der Waals surface area contributed by atoms with Crippen molar-refractivity contribution in [1.82, 2.24) is 5.16 Å². The molecule has 1 aromatic carbocycles. The Hall–Kier alpha value is -1.61. The van der Waals surface area contributed by atoms with Crippen LogP contribution >= 0.6 is 15.9 Å². The van der Waals surface area contributed by atoms with E-state index in [9.17, 15) is 12.8 Å². The fourth-order valence-electron chi connectivity index (χ4n) is 1.38. The van der Waals surface area contributed by atoms with E-state index in [0.29, 0.717) is 5.69 Å². The quantitative estimate of drug-likeness (QED) is 0.828. The molecule has 0 amide bonds. The number of aryl methyl sites for hydroxylation is 1. The van der Waals surface area contributed by atoms with Crippen molar-refractivity contribution in [3.05, 3.63) is 34.2 Å². The minimum atomic E-state index is -4.14. The van der Waals surface area contributed by atoms with Gasteiger partial charge >= 0.3 is 0 Å². The SMILES string of the molecule is Cc1cc(NS(=O)(=O)c2cc(N)cc(Br)c2F)on1. The highest BCUT2D eigenvalue weighted by atomic mass is 79.9. The van der Waals surface area contributed by atoms with Gasteiger partial charge in [0, 0.05) is 11.8 Å². The topological polar surface area (TPSA) is 98.2 Å². The van der Waals surface area contributed by atoms with Crippen LogP contribution in [0.3, 0.4) is 0 Å². The third-order valence-electron chi connectivity index (χ3n) is 2.17. The highest BCUT2D eigenvalue weighted by Crippen LogP contribution is 2.27. The summed E-state index contributed by atoms with van der Waals surface area (Å²) in [5.74, 6) is -1.03. The summed E-state index contributed by atoms with van der Waals surface area (Å²) in [6, 6.07) is 3.66. The smallest absolute Gasteiger partial charge is 0.267 e. The van der Waals surface area contributed by atoms with E-state index in [1.54, 1.807) is 6.92 Å². The van der Waals surface area contributed by atoms with Gasteiger partial charge in [-0.25, -0.2) is 17.5 Å². The number of hydrogen-bond donors (Lipinski definition) is 2. The molecule has 0 atom stereocenters. The van der Waals surface area contributed by atoms with Crippen molar-refractivity contribution in [2.75, 3.05) is 10.5 Å². The van der Waals surface area contributed by atoms with Crippen LogP contribution in [0.25, 0.3) is 0 Å². The zero-order valence-electron chi connectivity index (χ0n) is 9.65. The fraction of sp³-hybridized carbons (Fsp3) is 0.100. The second kappa shape index (κ2) is 4.82. The summed E-state index contributed by atoms with van der Waals surface area (Å²) in [7, 11) is -4.14. The first-order valence-corrected chi connectivity index (χ1v) is 7.28. The zero-order chi connectivity index (χ0) is 14.2. The number of nitrogens with zero attached hydrogens (tertiary/aromatic N) is 1. The van der Waals surface area contributed by atoms with Crippen LogP contribution in [0.4, 0.5) is 16.0 Å². The molecule has 0 fully saturated rings. The molecule has 0 bridgehead atoms. The molecule has 0 radical (unpaired) electrons. The van der Waals surface area contributed by atoms with Crippen molar-refractivity contribution in [2.45, 2.75) is 11.8 Å². The molecule has 6 nitrogen and oxygen atoms in total. The van der Waals surface area contributed by atoms with Gasteiger partial charge in [-0.3, -0.25) is 0 Å². The van der Waals surface area contributed by atoms with Crippen LogP contribution in [0, 0.1) is 12.7 Å². The first-order chi connectivity index (χ1) is 8.79. The maximum Gasteiger partial charge on any atom is 0.267 e. The lowest BCUT2D eigenvalue weighted by atomic mass is 10.3. The molecule has 0 saturated carbocycles. The van der Waals surface area contributed by atoms with Crippen molar-refractivity contribution >= 4 is 37.5 Å². The van der Waals surface area contributed by atoms with E-state index in [2.05, 4.69) is 25.8 Å². The molecule has 0 aliphatic rings. The maximum atomic E-state index is 13.8. The molecule has 0 spiro atoms. The van der Waals surface area contributed by atoms with Gasteiger partial charge in [0.1, 0.15) is 4.90 Å². The normalized spacial score (nSPS) is 11.5. The molecule has 9 heteroatoms. The molecule has 19 heavy (non-hydrogen) atoms. The second-order valence-corrected chi connectivity index (χ2v) is 6.26. The van der Waals surface area contributed by atoms with Crippen LogP contribution in [0.5, 0.6) is 0 Å². The summed E-state index contributed by atoms with van der Waals surface area (Å²) in [6.07, 6.45) is 0. The standard InChI is InChI=1S/C10H9BrFN3O3S/c1-5-2-9(18-14-5)15-19(16,17)8-4-6(13)3-7(11)10(8)12/h2-4,15H,13H2,1H3. The van der Waals surface area contributed by atoms with E-state index >= 15 is 0 Å². The number of rotatable bonds is 3. The van der Waals surface area contributed by atoms with Crippen LogP contribution in [0.1, 0.15) is 5.69 Å². The van der Waals surface area contributed by atoms with Gasteiger partial charge < -0.3 is 10.3 Å². The first-order valence-electron chi connectivity index (χ1n) is 5.00. The molecule has 0 saturated heterocycles. The number of hydrogen-bond acceptors (Lipinski definition) is 5. The highest BCUT2D eigenvalue weighted by molar-refractivity contribution is 9.10. The number of sulfonamides is 1. The van der Waals surface area contributed by atoms with Crippen molar-refractivity contribution in [3.8, 4) is 0 Å². The van der Waals surface area contributed by atoms with Crippen molar-refractivity contribution in [2.24, 2.45) is 0 Å².